The van der Waals surface area contributed by atoms with Crippen LogP contribution < -0.4 is 5.32 Å². The molecule has 0 amide bonds. The number of carbonyl (C=O) groups is 1. The molecule has 0 aromatic carbocycles. The van der Waals surface area contributed by atoms with Gasteiger partial charge in [-0.15, -0.1) is 0 Å². The van der Waals surface area contributed by atoms with E-state index in [4.69, 9.17) is 5.11 Å². The summed E-state index contributed by atoms with van der Waals surface area (Å²) < 4.78 is 0. The number of nitrogens with zero attached hydrogens (tertiary/aromatic N) is 2. The van der Waals surface area contributed by atoms with Crippen molar-refractivity contribution in [3.8, 4) is 0 Å². The quantitative estimate of drug-likeness (QED) is 0.612. The van der Waals surface area contributed by atoms with Crippen molar-refractivity contribution in [2.45, 2.75) is 18.9 Å². The Bertz CT molecular complexity index is 223. The van der Waals surface area contributed by atoms with Crippen molar-refractivity contribution >= 4 is 5.97 Å². The number of hydrogen-bond donors (Lipinski definition) is 2. The lowest BCUT2D eigenvalue weighted by Crippen LogP contribution is -2.53. The highest BCUT2D eigenvalue weighted by molar-refractivity contribution is 5.66. The minimum Gasteiger partial charge on any atom is -0.481 e. The van der Waals surface area contributed by atoms with Crippen LogP contribution in [0.2, 0.25) is 0 Å². The van der Waals surface area contributed by atoms with Gasteiger partial charge in [-0.25, -0.2) is 0 Å². The third-order valence-corrected chi connectivity index (χ3v) is 3.10. The molecule has 16 heavy (non-hydrogen) atoms. The van der Waals surface area contributed by atoms with Crippen LogP contribution in [0, 0.1) is 0 Å². The fourth-order valence-corrected chi connectivity index (χ4v) is 1.96. The number of piperazine rings is 1. The van der Waals surface area contributed by atoms with Crippen molar-refractivity contribution in [2.24, 2.45) is 0 Å². The van der Waals surface area contributed by atoms with Gasteiger partial charge in [-0.1, -0.05) is 0 Å². The van der Waals surface area contributed by atoms with Gasteiger partial charge in [0.25, 0.3) is 0 Å². The molecule has 0 aromatic rings. The summed E-state index contributed by atoms with van der Waals surface area (Å²) in [5.74, 6) is -0.712. The molecule has 1 aliphatic rings. The van der Waals surface area contributed by atoms with Gasteiger partial charge in [0, 0.05) is 38.6 Å². The molecule has 1 unspecified atom stereocenters. The van der Waals surface area contributed by atoms with Gasteiger partial charge in [0.05, 0.1) is 0 Å². The van der Waals surface area contributed by atoms with E-state index in [-0.39, 0.29) is 6.42 Å². The zero-order valence-corrected chi connectivity index (χ0v) is 10.3. The lowest BCUT2D eigenvalue weighted by atomic mass is 10.2. The Morgan fingerprint density at radius 1 is 1.44 bits per heavy atom. The highest BCUT2D eigenvalue weighted by Gasteiger charge is 2.21. The van der Waals surface area contributed by atoms with Crippen LogP contribution in [-0.2, 0) is 4.79 Å². The van der Waals surface area contributed by atoms with Gasteiger partial charge in [0.15, 0.2) is 0 Å². The molecular weight excluding hydrogens is 206 g/mol. The summed E-state index contributed by atoms with van der Waals surface area (Å²) in [4.78, 5) is 15.0. The lowest BCUT2D eigenvalue weighted by Gasteiger charge is -2.37. The van der Waals surface area contributed by atoms with Crippen molar-refractivity contribution in [3.05, 3.63) is 0 Å². The summed E-state index contributed by atoms with van der Waals surface area (Å²) in [5, 5.41) is 11.8. The smallest absolute Gasteiger partial charge is 0.303 e. The highest BCUT2D eigenvalue weighted by atomic mass is 16.4. The molecule has 1 atom stereocenters. The minimum absolute atomic E-state index is 0.257. The molecule has 0 aromatic heterocycles. The van der Waals surface area contributed by atoms with Gasteiger partial charge in [-0.05, 0) is 27.1 Å². The van der Waals surface area contributed by atoms with Crippen molar-refractivity contribution in [2.75, 3.05) is 46.8 Å². The third kappa shape index (κ3) is 4.92. The van der Waals surface area contributed by atoms with Gasteiger partial charge >= 0.3 is 5.97 Å². The zero-order valence-electron chi connectivity index (χ0n) is 10.3. The van der Waals surface area contributed by atoms with Gasteiger partial charge in [-0.2, -0.15) is 0 Å². The molecule has 1 aliphatic heterocycles. The fraction of sp³-hybridized carbons (Fsp3) is 0.909. The Morgan fingerprint density at radius 3 is 2.88 bits per heavy atom. The summed E-state index contributed by atoms with van der Waals surface area (Å²) in [5.41, 5.74) is 0. The van der Waals surface area contributed by atoms with Crippen LogP contribution in [0.1, 0.15) is 12.8 Å². The van der Waals surface area contributed by atoms with E-state index in [1.54, 1.807) is 0 Å². The van der Waals surface area contributed by atoms with Crippen molar-refractivity contribution < 1.29 is 9.90 Å². The van der Waals surface area contributed by atoms with Gasteiger partial charge in [0.2, 0.25) is 0 Å². The molecule has 1 fully saturated rings. The first-order chi connectivity index (χ1) is 7.59. The molecule has 1 heterocycles. The number of hydrogen-bond acceptors (Lipinski definition) is 4. The number of carboxylic acid groups (broad SMARTS) is 1. The average Bonchev–Trinajstić information content (AvgIpc) is 2.22. The minimum atomic E-state index is -0.712. The topological polar surface area (TPSA) is 55.8 Å². The number of carboxylic acids is 1. The van der Waals surface area contributed by atoms with Crippen molar-refractivity contribution in [3.63, 3.8) is 0 Å². The molecule has 5 heteroatoms. The zero-order chi connectivity index (χ0) is 12.0. The predicted molar refractivity (Wildman–Crippen MR) is 63.7 cm³/mol. The predicted octanol–water partition coefficient (Wildman–Crippen LogP) is -0.313. The van der Waals surface area contributed by atoms with E-state index in [1.807, 2.05) is 0 Å². The van der Waals surface area contributed by atoms with E-state index >= 15 is 0 Å². The molecule has 0 bridgehead atoms. The van der Waals surface area contributed by atoms with Crippen LogP contribution in [0.25, 0.3) is 0 Å². The second-order valence-corrected chi connectivity index (χ2v) is 4.60. The maximum absolute atomic E-state index is 10.3. The lowest BCUT2D eigenvalue weighted by molar-refractivity contribution is -0.137. The van der Waals surface area contributed by atoms with Crippen LogP contribution >= 0.6 is 0 Å². The second kappa shape index (κ2) is 6.83. The number of likely N-dealkylation sites (N-methyl/N-ethyl adjacent to an activating group) is 2. The Hall–Kier alpha value is -0.650. The van der Waals surface area contributed by atoms with E-state index in [1.165, 1.54) is 0 Å². The number of aliphatic carboxylic acids is 1. The molecule has 94 valence electrons. The molecule has 0 aliphatic carbocycles. The maximum Gasteiger partial charge on any atom is 0.303 e. The SMILES string of the molecule is CN1CCN(C)C(CNCCCC(=O)O)C1. The summed E-state index contributed by atoms with van der Waals surface area (Å²) in [6.45, 7) is 5.06. The summed E-state index contributed by atoms with van der Waals surface area (Å²) in [7, 11) is 4.29. The van der Waals surface area contributed by atoms with Crippen LogP contribution in [0.15, 0.2) is 0 Å². The molecule has 2 N–H and O–H groups in total. The van der Waals surface area contributed by atoms with E-state index in [0.29, 0.717) is 12.5 Å². The van der Waals surface area contributed by atoms with E-state index in [2.05, 4.69) is 29.2 Å². The standard InChI is InChI=1S/C11H23N3O2/c1-13-6-7-14(2)10(9-13)8-12-5-3-4-11(15)16/h10,12H,3-9H2,1-2H3,(H,15,16). The van der Waals surface area contributed by atoms with E-state index < -0.39 is 5.97 Å². The van der Waals surface area contributed by atoms with E-state index in [0.717, 1.165) is 32.7 Å². The fourth-order valence-electron chi connectivity index (χ4n) is 1.96. The van der Waals surface area contributed by atoms with Crippen LogP contribution in [0.5, 0.6) is 0 Å². The molecule has 1 rings (SSSR count). The normalized spacial score (nSPS) is 23.5. The van der Waals surface area contributed by atoms with Crippen LogP contribution in [0.3, 0.4) is 0 Å². The Balaban J connectivity index is 2.09. The summed E-state index contributed by atoms with van der Waals surface area (Å²) in [6.07, 6.45) is 0.967. The average molecular weight is 229 g/mol. The largest absolute Gasteiger partial charge is 0.481 e. The Morgan fingerprint density at radius 2 is 2.19 bits per heavy atom. The third-order valence-electron chi connectivity index (χ3n) is 3.10. The van der Waals surface area contributed by atoms with Gasteiger partial charge < -0.3 is 15.3 Å². The van der Waals surface area contributed by atoms with Crippen molar-refractivity contribution in [1.29, 1.82) is 0 Å². The molecule has 1 saturated heterocycles. The van der Waals surface area contributed by atoms with Crippen LogP contribution in [-0.4, -0.2) is 73.7 Å². The molecule has 5 nitrogen and oxygen atoms in total. The molecular formula is C11H23N3O2. The maximum atomic E-state index is 10.3. The van der Waals surface area contributed by atoms with Crippen molar-refractivity contribution in [1.82, 2.24) is 15.1 Å². The second-order valence-electron chi connectivity index (χ2n) is 4.60. The van der Waals surface area contributed by atoms with Crippen LogP contribution in [0.4, 0.5) is 0 Å². The molecule has 0 spiro atoms. The summed E-state index contributed by atoms with van der Waals surface area (Å²) in [6, 6.07) is 0.545. The van der Waals surface area contributed by atoms with Gasteiger partial charge in [0.1, 0.15) is 0 Å². The van der Waals surface area contributed by atoms with Gasteiger partial charge in [-0.3, -0.25) is 9.69 Å². The summed E-state index contributed by atoms with van der Waals surface area (Å²) >= 11 is 0. The molecule has 0 saturated carbocycles. The monoisotopic (exact) mass is 229 g/mol. The first-order valence-electron chi connectivity index (χ1n) is 5.91. The highest BCUT2D eigenvalue weighted by Crippen LogP contribution is 2.04. The first-order valence-corrected chi connectivity index (χ1v) is 5.91. The number of nitrogens with one attached hydrogen (secondary N) is 1. The Kier molecular flexibility index (Phi) is 5.73. The Labute approximate surface area is 97.4 Å². The number of rotatable bonds is 6. The van der Waals surface area contributed by atoms with E-state index in [9.17, 15) is 4.79 Å². The first kappa shape index (κ1) is 13.4. The molecule has 0 radical (unpaired) electrons.